The molecule has 0 aliphatic heterocycles. The zero-order chi connectivity index (χ0) is 12.7. The van der Waals surface area contributed by atoms with Gasteiger partial charge in [-0.3, -0.25) is 4.79 Å². The summed E-state index contributed by atoms with van der Waals surface area (Å²) in [5.41, 5.74) is 5.77. The molecule has 0 bridgehead atoms. The molecule has 1 aliphatic rings. The van der Waals surface area contributed by atoms with E-state index in [9.17, 15) is 4.79 Å². The fourth-order valence-electron chi connectivity index (χ4n) is 2.66. The molecule has 0 saturated heterocycles. The van der Waals surface area contributed by atoms with Gasteiger partial charge in [-0.25, -0.2) is 0 Å². The molecular weight excluding hydrogens is 248 g/mol. The van der Waals surface area contributed by atoms with Crippen molar-refractivity contribution in [2.45, 2.75) is 64.8 Å². The number of amides is 1. The first-order valence-electron chi connectivity index (χ1n) is 7.20. The molecule has 1 rings (SSSR count). The van der Waals surface area contributed by atoms with Crippen molar-refractivity contribution < 1.29 is 4.79 Å². The van der Waals surface area contributed by atoms with Crippen LogP contribution in [0, 0.1) is 11.8 Å². The van der Waals surface area contributed by atoms with Gasteiger partial charge in [0.1, 0.15) is 0 Å². The van der Waals surface area contributed by atoms with Crippen LogP contribution in [0.2, 0.25) is 0 Å². The number of nitrogens with two attached hydrogens (primary N) is 1. The lowest BCUT2D eigenvalue weighted by Gasteiger charge is -2.28. The van der Waals surface area contributed by atoms with E-state index in [1.165, 1.54) is 32.1 Å². The van der Waals surface area contributed by atoms with Crippen LogP contribution in [0.3, 0.4) is 0 Å². The van der Waals surface area contributed by atoms with E-state index in [0.29, 0.717) is 5.92 Å². The number of carbonyl (C=O) groups excluding carboxylic acids is 1. The highest BCUT2D eigenvalue weighted by Gasteiger charge is 2.21. The first-order chi connectivity index (χ1) is 8.17. The molecule has 3 N–H and O–H groups in total. The fourth-order valence-corrected chi connectivity index (χ4v) is 2.66. The number of hydrogen-bond donors (Lipinski definition) is 2. The van der Waals surface area contributed by atoms with Crippen molar-refractivity contribution in [3.8, 4) is 0 Å². The molecule has 18 heavy (non-hydrogen) atoms. The summed E-state index contributed by atoms with van der Waals surface area (Å²) in [6, 6.07) is -0.313. The zero-order valence-corrected chi connectivity index (χ0v) is 12.6. The van der Waals surface area contributed by atoms with Gasteiger partial charge in [-0.1, -0.05) is 39.5 Å². The van der Waals surface area contributed by atoms with E-state index in [4.69, 9.17) is 5.73 Å². The van der Waals surface area contributed by atoms with E-state index in [1.54, 1.807) is 0 Å². The molecule has 1 fully saturated rings. The molecule has 0 heterocycles. The second-order valence-corrected chi connectivity index (χ2v) is 5.44. The van der Waals surface area contributed by atoms with E-state index < -0.39 is 0 Å². The topological polar surface area (TPSA) is 55.1 Å². The van der Waals surface area contributed by atoms with Crippen LogP contribution in [0.25, 0.3) is 0 Å². The van der Waals surface area contributed by atoms with Crippen molar-refractivity contribution >= 4 is 18.3 Å². The Bertz CT molecular complexity index is 228. The molecule has 0 radical (unpaired) electrons. The third kappa shape index (κ3) is 6.05. The molecule has 1 atom stereocenters. The van der Waals surface area contributed by atoms with E-state index >= 15 is 0 Å². The molecule has 4 heteroatoms. The number of hydrogen-bond acceptors (Lipinski definition) is 2. The predicted molar refractivity (Wildman–Crippen MR) is 78.9 cm³/mol. The van der Waals surface area contributed by atoms with Gasteiger partial charge >= 0.3 is 0 Å². The van der Waals surface area contributed by atoms with Crippen LogP contribution in [0.1, 0.15) is 58.8 Å². The van der Waals surface area contributed by atoms with Gasteiger partial charge < -0.3 is 11.1 Å². The maximum absolute atomic E-state index is 11.7. The summed E-state index contributed by atoms with van der Waals surface area (Å²) in [5, 5.41) is 3.01. The molecule has 0 aromatic carbocycles. The van der Waals surface area contributed by atoms with Crippen molar-refractivity contribution in [1.82, 2.24) is 5.32 Å². The number of carbonyl (C=O) groups is 1. The average molecular weight is 277 g/mol. The van der Waals surface area contributed by atoms with Crippen molar-refractivity contribution in [1.29, 1.82) is 0 Å². The quantitative estimate of drug-likeness (QED) is 0.784. The molecule has 0 aromatic rings. The SMILES string of the molecule is CCCC(N)C(=O)NCC1CCC(CC)CC1.Cl. The van der Waals surface area contributed by atoms with Crippen molar-refractivity contribution in [2.75, 3.05) is 6.54 Å². The summed E-state index contributed by atoms with van der Waals surface area (Å²) in [6.45, 7) is 5.16. The zero-order valence-electron chi connectivity index (χ0n) is 11.8. The van der Waals surface area contributed by atoms with Gasteiger partial charge in [0.05, 0.1) is 6.04 Å². The Hall–Kier alpha value is -0.280. The molecule has 0 aromatic heterocycles. The number of halogens is 1. The Morgan fingerprint density at radius 1 is 1.22 bits per heavy atom. The largest absolute Gasteiger partial charge is 0.354 e. The molecular formula is C14H29ClN2O. The third-order valence-corrected chi connectivity index (χ3v) is 4.05. The van der Waals surface area contributed by atoms with Gasteiger partial charge in [0.15, 0.2) is 0 Å². The minimum Gasteiger partial charge on any atom is -0.354 e. The predicted octanol–water partition coefficient (Wildman–Crippen LogP) is 2.87. The lowest BCUT2D eigenvalue weighted by atomic mass is 9.81. The number of nitrogens with one attached hydrogen (secondary N) is 1. The summed E-state index contributed by atoms with van der Waals surface area (Å²) in [6.07, 6.45) is 8.25. The summed E-state index contributed by atoms with van der Waals surface area (Å²) in [5.74, 6) is 1.63. The van der Waals surface area contributed by atoms with Crippen LogP contribution in [0.5, 0.6) is 0 Å². The van der Waals surface area contributed by atoms with Gasteiger partial charge in [-0.15, -0.1) is 12.4 Å². The fraction of sp³-hybridized carbons (Fsp3) is 0.929. The van der Waals surface area contributed by atoms with Crippen molar-refractivity contribution in [3.05, 3.63) is 0 Å². The van der Waals surface area contributed by atoms with Gasteiger partial charge in [0.2, 0.25) is 5.91 Å². The summed E-state index contributed by atoms with van der Waals surface area (Å²) in [7, 11) is 0. The Morgan fingerprint density at radius 2 is 1.78 bits per heavy atom. The molecule has 1 unspecified atom stereocenters. The van der Waals surface area contributed by atoms with Crippen LogP contribution < -0.4 is 11.1 Å². The normalized spacial score (nSPS) is 25.1. The monoisotopic (exact) mass is 276 g/mol. The standard InChI is InChI=1S/C14H28N2O.ClH/c1-3-5-13(15)14(17)16-10-12-8-6-11(4-2)7-9-12;/h11-13H,3-10,15H2,1-2H3,(H,16,17);1H. The molecule has 1 amide bonds. The first-order valence-corrected chi connectivity index (χ1v) is 7.20. The van der Waals surface area contributed by atoms with Crippen LogP contribution >= 0.6 is 12.4 Å². The minimum absolute atomic E-state index is 0. The average Bonchev–Trinajstić information content (AvgIpc) is 2.36. The highest BCUT2D eigenvalue weighted by atomic mass is 35.5. The van der Waals surface area contributed by atoms with Gasteiger partial charge in [-0.2, -0.15) is 0 Å². The van der Waals surface area contributed by atoms with Crippen LogP contribution in [-0.4, -0.2) is 18.5 Å². The van der Waals surface area contributed by atoms with Crippen LogP contribution in [-0.2, 0) is 4.79 Å². The van der Waals surface area contributed by atoms with Crippen molar-refractivity contribution in [3.63, 3.8) is 0 Å². The van der Waals surface area contributed by atoms with Gasteiger partial charge in [-0.05, 0) is 31.1 Å². The summed E-state index contributed by atoms with van der Waals surface area (Å²) < 4.78 is 0. The van der Waals surface area contributed by atoms with E-state index in [2.05, 4.69) is 19.2 Å². The Kier molecular flexibility index (Phi) is 9.47. The second kappa shape index (κ2) is 9.62. The second-order valence-electron chi connectivity index (χ2n) is 5.44. The highest BCUT2D eigenvalue weighted by Crippen LogP contribution is 2.30. The summed E-state index contributed by atoms with van der Waals surface area (Å²) in [4.78, 5) is 11.7. The minimum atomic E-state index is -0.313. The molecule has 0 spiro atoms. The van der Waals surface area contributed by atoms with E-state index in [1.807, 2.05) is 0 Å². The third-order valence-electron chi connectivity index (χ3n) is 4.05. The Morgan fingerprint density at radius 3 is 2.28 bits per heavy atom. The Balaban J connectivity index is 0.00000289. The molecule has 1 aliphatic carbocycles. The van der Waals surface area contributed by atoms with Crippen molar-refractivity contribution in [2.24, 2.45) is 17.6 Å². The Labute approximate surface area is 118 Å². The molecule has 1 saturated carbocycles. The maximum Gasteiger partial charge on any atom is 0.236 e. The van der Waals surface area contributed by atoms with Crippen LogP contribution in [0.15, 0.2) is 0 Å². The molecule has 108 valence electrons. The lowest BCUT2D eigenvalue weighted by Crippen LogP contribution is -2.42. The van der Waals surface area contributed by atoms with Gasteiger partial charge in [0.25, 0.3) is 0 Å². The lowest BCUT2D eigenvalue weighted by molar-refractivity contribution is -0.122. The maximum atomic E-state index is 11.7. The van der Waals surface area contributed by atoms with Crippen LogP contribution in [0.4, 0.5) is 0 Å². The highest BCUT2D eigenvalue weighted by molar-refractivity contribution is 5.85. The summed E-state index contributed by atoms with van der Waals surface area (Å²) >= 11 is 0. The molecule has 3 nitrogen and oxygen atoms in total. The smallest absolute Gasteiger partial charge is 0.236 e. The number of rotatable bonds is 6. The van der Waals surface area contributed by atoms with Gasteiger partial charge in [0, 0.05) is 6.54 Å². The van der Waals surface area contributed by atoms with E-state index in [-0.39, 0.29) is 24.4 Å². The first kappa shape index (κ1) is 17.7. The van der Waals surface area contributed by atoms with E-state index in [0.717, 1.165) is 25.3 Å².